The number of nitrogens with two attached hydrogens (primary N) is 1. The highest BCUT2D eigenvalue weighted by Gasteiger charge is 2.15. The van der Waals surface area contributed by atoms with E-state index in [4.69, 9.17) is 10.2 Å². The number of benzene rings is 1. The maximum absolute atomic E-state index is 12.1. The van der Waals surface area contributed by atoms with E-state index >= 15 is 0 Å². The molecule has 0 fully saturated rings. The molecule has 114 valence electrons. The molecule has 2 aromatic rings. The lowest BCUT2D eigenvalue weighted by Crippen LogP contribution is -2.26. The highest BCUT2D eigenvalue weighted by atomic mass is 35.5. The Balaban J connectivity index is 0.00000220. The minimum atomic E-state index is -0.151. The molecule has 5 heteroatoms. The number of carbonyl (C=O) groups excluding carboxylic acids is 1. The number of halogens is 1. The number of hydrogen-bond donors (Lipinski definition) is 2. The number of hydrogen-bond acceptors (Lipinski definition) is 3. The highest BCUT2D eigenvalue weighted by Crippen LogP contribution is 2.20. The number of rotatable bonds is 4. The van der Waals surface area contributed by atoms with Crippen molar-refractivity contribution < 1.29 is 9.21 Å². The summed E-state index contributed by atoms with van der Waals surface area (Å²) in [7, 11) is 0. The van der Waals surface area contributed by atoms with Gasteiger partial charge in [0.1, 0.15) is 12.0 Å². The Morgan fingerprint density at radius 2 is 2.10 bits per heavy atom. The normalized spacial score (nSPS) is 11.6. The van der Waals surface area contributed by atoms with Gasteiger partial charge in [0.2, 0.25) is 0 Å². The summed E-state index contributed by atoms with van der Waals surface area (Å²) < 4.78 is 5.18. The zero-order valence-electron chi connectivity index (χ0n) is 12.5. The van der Waals surface area contributed by atoms with Crippen molar-refractivity contribution in [1.82, 2.24) is 5.32 Å². The van der Waals surface area contributed by atoms with E-state index in [2.05, 4.69) is 25.2 Å². The Kier molecular flexibility index (Phi) is 6.00. The second-order valence-corrected chi connectivity index (χ2v) is 4.99. The molecule has 0 saturated carbocycles. The molecule has 1 unspecified atom stereocenters. The molecular weight excluding hydrogens is 288 g/mol. The Bertz CT molecular complexity index is 622. The smallest absolute Gasteiger partial charge is 0.255 e. The molecule has 0 spiro atoms. The van der Waals surface area contributed by atoms with Crippen molar-refractivity contribution in [3.8, 4) is 0 Å². The lowest BCUT2D eigenvalue weighted by molar-refractivity contribution is 0.0939. The predicted octanol–water partition coefficient (Wildman–Crippen LogP) is 3.27. The number of carbonyl (C=O) groups is 1. The van der Waals surface area contributed by atoms with Crippen LogP contribution in [0.1, 0.15) is 45.8 Å². The standard InChI is InChI=1S/C16H20N2O2.ClH/c1-10-5-4-6-15(11(10)2)12(3)18-16(19)13-7-14(8-17)20-9-13;/h4-7,9,12H,8,17H2,1-3H3,(H,18,19);1H. The minimum Gasteiger partial charge on any atom is -0.467 e. The summed E-state index contributed by atoms with van der Waals surface area (Å²) in [4.78, 5) is 12.1. The summed E-state index contributed by atoms with van der Waals surface area (Å²) in [6, 6.07) is 7.72. The summed E-state index contributed by atoms with van der Waals surface area (Å²) in [6.45, 7) is 6.40. The number of aryl methyl sites for hydroxylation is 1. The Morgan fingerprint density at radius 1 is 1.38 bits per heavy atom. The van der Waals surface area contributed by atoms with Crippen molar-refractivity contribution in [3.63, 3.8) is 0 Å². The topological polar surface area (TPSA) is 68.3 Å². The number of nitrogens with one attached hydrogen (secondary N) is 1. The molecule has 1 amide bonds. The first kappa shape index (κ1) is 17.3. The summed E-state index contributed by atoms with van der Waals surface area (Å²) in [5, 5.41) is 2.98. The van der Waals surface area contributed by atoms with E-state index < -0.39 is 0 Å². The van der Waals surface area contributed by atoms with Crippen molar-refractivity contribution in [1.29, 1.82) is 0 Å². The van der Waals surface area contributed by atoms with Gasteiger partial charge in [0.05, 0.1) is 18.2 Å². The van der Waals surface area contributed by atoms with Crippen molar-refractivity contribution >= 4 is 18.3 Å². The largest absolute Gasteiger partial charge is 0.467 e. The SMILES string of the molecule is Cc1cccc(C(C)NC(=O)c2coc(CN)c2)c1C.Cl. The minimum absolute atomic E-state index is 0. The molecule has 0 radical (unpaired) electrons. The number of amides is 1. The maximum Gasteiger partial charge on any atom is 0.255 e. The lowest BCUT2D eigenvalue weighted by atomic mass is 9.98. The molecule has 0 aliphatic rings. The molecule has 4 nitrogen and oxygen atoms in total. The van der Waals surface area contributed by atoms with Crippen molar-refractivity contribution in [2.75, 3.05) is 0 Å². The van der Waals surface area contributed by atoms with Crippen molar-refractivity contribution in [2.24, 2.45) is 5.73 Å². The van der Waals surface area contributed by atoms with Gasteiger partial charge in [0.25, 0.3) is 5.91 Å². The van der Waals surface area contributed by atoms with Crippen molar-refractivity contribution in [3.05, 3.63) is 58.5 Å². The molecule has 1 atom stereocenters. The second-order valence-electron chi connectivity index (χ2n) is 4.99. The fourth-order valence-corrected chi connectivity index (χ4v) is 2.21. The third kappa shape index (κ3) is 3.86. The van der Waals surface area contributed by atoms with Gasteiger partial charge in [-0.2, -0.15) is 0 Å². The molecule has 0 bridgehead atoms. The molecule has 3 N–H and O–H groups in total. The van der Waals surface area contributed by atoms with Gasteiger partial charge < -0.3 is 15.5 Å². The molecule has 0 saturated heterocycles. The van der Waals surface area contributed by atoms with Crippen LogP contribution in [0.15, 0.2) is 34.9 Å². The van der Waals surface area contributed by atoms with E-state index in [0.29, 0.717) is 17.9 Å². The van der Waals surface area contributed by atoms with E-state index in [9.17, 15) is 4.79 Å². The van der Waals surface area contributed by atoms with Crippen LogP contribution in [0, 0.1) is 13.8 Å². The third-order valence-corrected chi connectivity index (χ3v) is 3.58. The van der Waals surface area contributed by atoms with Crippen LogP contribution in [0.2, 0.25) is 0 Å². The van der Waals surface area contributed by atoms with Gasteiger partial charge in [-0.3, -0.25) is 4.79 Å². The third-order valence-electron chi connectivity index (χ3n) is 3.58. The summed E-state index contributed by atoms with van der Waals surface area (Å²) in [6.07, 6.45) is 1.44. The van der Waals surface area contributed by atoms with Crippen LogP contribution in [0.5, 0.6) is 0 Å². The lowest BCUT2D eigenvalue weighted by Gasteiger charge is -2.17. The molecular formula is C16H21ClN2O2. The fraction of sp³-hybridized carbons (Fsp3) is 0.312. The first-order valence-corrected chi connectivity index (χ1v) is 6.67. The molecule has 1 aromatic carbocycles. The second kappa shape index (κ2) is 7.29. The molecule has 21 heavy (non-hydrogen) atoms. The van der Waals surface area contributed by atoms with E-state index in [1.165, 1.54) is 17.4 Å². The van der Waals surface area contributed by atoms with Crippen LogP contribution >= 0.6 is 12.4 Å². The van der Waals surface area contributed by atoms with Crippen LogP contribution < -0.4 is 11.1 Å². The fourth-order valence-electron chi connectivity index (χ4n) is 2.21. The summed E-state index contributed by atoms with van der Waals surface area (Å²) in [5.41, 5.74) is 9.52. The molecule has 0 aliphatic heterocycles. The van der Waals surface area contributed by atoms with Gasteiger partial charge in [0.15, 0.2) is 0 Å². The van der Waals surface area contributed by atoms with E-state index in [-0.39, 0.29) is 24.4 Å². The first-order valence-electron chi connectivity index (χ1n) is 6.67. The van der Waals surface area contributed by atoms with Gasteiger partial charge in [-0.25, -0.2) is 0 Å². The Labute approximate surface area is 131 Å². The van der Waals surface area contributed by atoms with Gasteiger partial charge >= 0.3 is 0 Å². The quantitative estimate of drug-likeness (QED) is 0.911. The molecule has 2 rings (SSSR count). The monoisotopic (exact) mass is 308 g/mol. The van der Waals surface area contributed by atoms with Crippen LogP contribution in [0.4, 0.5) is 0 Å². The van der Waals surface area contributed by atoms with E-state index in [1.807, 2.05) is 19.1 Å². The van der Waals surface area contributed by atoms with Crippen LogP contribution in [0.3, 0.4) is 0 Å². The van der Waals surface area contributed by atoms with E-state index in [1.54, 1.807) is 6.07 Å². The van der Waals surface area contributed by atoms with Crippen LogP contribution in [0.25, 0.3) is 0 Å². The molecule has 1 aromatic heterocycles. The zero-order chi connectivity index (χ0) is 14.7. The Hall–Kier alpha value is -1.78. The van der Waals surface area contributed by atoms with Gasteiger partial charge in [-0.05, 0) is 43.5 Å². The average Bonchev–Trinajstić information content (AvgIpc) is 2.90. The summed E-state index contributed by atoms with van der Waals surface area (Å²) in [5.74, 6) is 0.455. The van der Waals surface area contributed by atoms with Crippen LogP contribution in [-0.2, 0) is 6.54 Å². The maximum atomic E-state index is 12.1. The number of furan rings is 1. The van der Waals surface area contributed by atoms with Crippen molar-refractivity contribution in [2.45, 2.75) is 33.4 Å². The highest BCUT2D eigenvalue weighted by molar-refractivity contribution is 5.94. The average molecular weight is 309 g/mol. The van der Waals surface area contributed by atoms with Gasteiger partial charge in [0, 0.05) is 0 Å². The predicted molar refractivity (Wildman–Crippen MR) is 85.6 cm³/mol. The van der Waals surface area contributed by atoms with E-state index in [0.717, 1.165) is 5.56 Å². The van der Waals surface area contributed by atoms with Gasteiger partial charge in [-0.15, -0.1) is 12.4 Å². The molecule has 0 aliphatic carbocycles. The Morgan fingerprint density at radius 3 is 2.71 bits per heavy atom. The van der Waals surface area contributed by atoms with Gasteiger partial charge in [-0.1, -0.05) is 18.2 Å². The first-order chi connectivity index (χ1) is 9.52. The van der Waals surface area contributed by atoms with Crippen LogP contribution in [-0.4, -0.2) is 5.91 Å². The molecule has 1 heterocycles. The zero-order valence-corrected chi connectivity index (χ0v) is 13.3. The summed E-state index contributed by atoms with van der Waals surface area (Å²) >= 11 is 0.